The number of aromatic nitrogens is 6. The van der Waals surface area contributed by atoms with E-state index in [1.807, 2.05) is 6.92 Å². The summed E-state index contributed by atoms with van der Waals surface area (Å²) in [6.45, 7) is 6.97. The number of pyridine rings is 2. The van der Waals surface area contributed by atoms with Crippen molar-refractivity contribution >= 4 is 23.1 Å². The molecular formula is C28H34ClFN10O. The van der Waals surface area contributed by atoms with E-state index in [9.17, 15) is 0 Å². The van der Waals surface area contributed by atoms with Crippen LogP contribution in [0.5, 0.6) is 5.88 Å². The Morgan fingerprint density at radius 3 is 2.63 bits per heavy atom. The van der Waals surface area contributed by atoms with Gasteiger partial charge in [0, 0.05) is 82.1 Å². The molecule has 4 aromatic rings. The van der Waals surface area contributed by atoms with Crippen LogP contribution in [0.4, 0.5) is 15.9 Å². The van der Waals surface area contributed by atoms with E-state index < -0.39 is 5.82 Å². The van der Waals surface area contributed by atoms with Gasteiger partial charge in [-0.2, -0.15) is 5.10 Å². The Hall–Kier alpha value is -3.87. The lowest BCUT2D eigenvalue weighted by Crippen LogP contribution is -2.43. The molecule has 5 rings (SSSR count). The molecule has 0 radical (unpaired) electrons. The number of piperazine rings is 1. The molecule has 216 valence electrons. The van der Waals surface area contributed by atoms with E-state index in [1.54, 1.807) is 54.7 Å². The Morgan fingerprint density at radius 2 is 1.88 bits per heavy atom. The van der Waals surface area contributed by atoms with Gasteiger partial charge in [-0.3, -0.25) is 9.88 Å². The SMILES string of the molecule is C[C@@H](CCOc1c(-c2nccc(N)n2)cnn1C)Nc1cc(Cl)ncc1-c1ncc(CN2CCN(C)CC2)cc1F. The highest BCUT2D eigenvalue weighted by Gasteiger charge is 2.19. The van der Waals surface area contributed by atoms with Crippen molar-refractivity contribution in [3.63, 3.8) is 0 Å². The summed E-state index contributed by atoms with van der Waals surface area (Å²) in [5, 5.41) is 8.00. The predicted molar refractivity (Wildman–Crippen MR) is 157 cm³/mol. The van der Waals surface area contributed by atoms with Gasteiger partial charge in [0.25, 0.3) is 0 Å². The van der Waals surface area contributed by atoms with Gasteiger partial charge < -0.3 is 20.7 Å². The van der Waals surface area contributed by atoms with Crippen LogP contribution in [0.2, 0.25) is 5.15 Å². The molecule has 0 saturated carbocycles. The van der Waals surface area contributed by atoms with Crippen molar-refractivity contribution in [3.05, 3.63) is 59.5 Å². The Labute approximate surface area is 243 Å². The number of likely N-dealkylation sites (N-methyl/N-ethyl adjacent to an activating group) is 1. The molecule has 13 heteroatoms. The lowest BCUT2D eigenvalue weighted by Gasteiger charge is -2.32. The number of aryl methyl sites for hydroxylation is 1. The maximum atomic E-state index is 15.3. The Balaban J connectivity index is 1.24. The molecule has 1 aliphatic rings. The number of halogens is 2. The molecule has 0 spiro atoms. The van der Waals surface area contributed by atoms with Crippen molar-refractivity contribution in [1.29, 1.82) is 0 Å². The summed E-state index contributed by atoms with van der Waals surface area (Å²) in [6.07, 6.45) is 7.15. The summed E-state index contributed by atoms with van der Waals surface area (Å²) in [7, 11) is 3.90. The van der Waals surface area contributed by atoms with E-state index in [0.717, 1.165) is 31.7 Å². The molecule has 0 aromatic carbocycles. The third-order valence-electron chi connectivity index (χ3n) is 7.02. The van der Waals surface area contributed by atoms with Crippen molar-refractivity contribution in [3.8, 4) is 28.5 Å². The number of ether oxygens (including phenoxy) is 1. The largest absolute Gasteiger partial charge is 0.477 e. The third-order valence-corrected chi connectivity index (χ3v) is 7.23. The predicted octanol–water partition coefficient (Wildman–Crippen LogP) is 3.73. The minimum absolute atomic E-state index is 0.0490. The van der Waals surface area contributed by atoms with Crippen LogP contribution in [-0.4, -0.2) is 85.4 Å². The summed E-state index contributed by atoms with van der Waals surface area (Å²) in [4.78, 5) is 21.8. The van der Waals surface area contributed by atoms with Crippen LogP contribution in [0, 0.1) is 5.82 Å². The van der Waals surface area contributed by atoms with Crippen molar-refractivity contribution in [2.24, 2.45) is 7.05 Å². The van der Waals surface area contributed by atoms with Crippen molar-refractivity contribution in [1.82, 2.24) is 39.5 Å². The second-order valence-electron chi connectivity index (χ2n) is 10.3. The highest BCUT2D eigenvalue weighted by Crippen LogP contribution is 2.31. The summed E-state index contributed by atoms with van der Waals surface area (Å²) in [5.74, 6) is 0.954. The van der Waals surface area contributed by atoms with E-state index in [0.29, 0.717) is 59.1 Å². The monoisotopic (exact) mass is 580 g/mol. The second-order valence-corrected chi connectivity index (χ2v) is 10.7. The quantitative estimate of drug-likeness (QED) is 0.268. The maximum absolute atomic E-state index is 15.3. The van der Waals surface area contributed by atoms with Gasteiger partial charge in [0.1, 0.15) is 28.0 Å². The highest BCUT2D eigenvalue weighted by atomic mass is 35.5. The van der Waals surface area contributed by atoms with Gasteiger partial charge >= 0.3 is 0 Å². The summed E-state index contributed by atoms with van der Waals surface area (Å²) in [5.41, 5.74) is 8.72. The third kappa shape index (κ3) is 7.07. The number of hydrogen-bond acceptors (Lipinski definition) is 10. The fourth-order valence-electron chi connectivity index (χ4n) is 4.69. The molecule has 41 heavy (non-hydrogen) atoms. The number of nitrogens with two attached hydrogens (primary N) is 1. The molecule has 1 aliphatic heterocycles. The molecule has 4 aromatic heterocycles. The van der Waals surface area contributed by atoms with Gasteiger partial charge in [-0.05, 0) is 37.7 Å². The van der Waals surface area contributed by atoms with Crippen LogP contribution in [0.25, 0.3) is 22.6 Å². The molecule has 3 N–H and O–H groups in total. The molecule has 0 bridgehead atoms. The van der Waals surface area contributed by atoms with Gasteiger partial charge in [0.2, 0.25) is 5.88 Å². The second kappa shape index (κ2) is 12.8. The minimum Gasteiger partial charge on any atom is -0.477 e. The Bertz CT molecular complexity index is 1490. The number of anilines is 2. The number of hydrogen-bond donors (Lipinski definition) is 2. The van der Waals surface area contributed by atoms with E-state index in [1.165, 1.54) is 0 Å². The van der Waals surface area contributed by atoms with Gasteiger partial charge in [-0.15, -0.1) is 0 Å². The van der Waals surface area contributed by atoms with Crippen molar-refractivity contribution < 1.29 is 9.13 Å². The number of nitrogens with one attached hydrogen (secondary N) is 1. The first-order valence-electron chi connectivity index (χ1n) is 13.5. The lowest BCUT2D eigenvalue weighted by atomic mass is 10.1. The van der Waals surface area contributed by atoms with Crippen LogP contribution < -0.4 is 15.8 Å². The molecular weight excluding hydrogens is 547 g/mol. The van der Waals surface area contributed by atoms with Gasteiger partial charge in [0.05, 0.1) is 12.8 Å². The van der Waals surface area contributed by atoms with E-state index in [-0.39, 0.29) is 11.7 Å². The zero-order valence-corrected chi connectivity index (χ0v) is 24.1. The molecule has 0 amide bonds. The van der Waals surface area contributed by atoms with Gasteiger partial charge in [0.15, 0.2) is 5.82 Å². The Kier molecular flexibility index (Phi) is 8.91. The molecule has 5 heterocycles. The van der Waals surface area contributed by atoms with Crippen molar-refractivity contribution in [2.45, 2.75) is 25.9 Å². The first-order valence-corrected chi connectivity index (χ1v) is 13.9. The normalized spacial score (nSPS) is 15.1. The van der Waals surface area contributed by atoms with E-state index in [4.69, 9.17) is 22.1 Å². The summed E-state index contributed by atoms with van der Waals surface area (Å²) in [6, 6.07) is 4.82. The van der Waals surface area contributed by atoms with E-state index in [2.05, 4.69) is 47.2 Å². The summed E-state index contributed by atoms with van der Waals surface area (Å²) >= 11 is 6.22. The number of nitrogens with zero attached hydrogens (tertiary/aromatic N) is 8. The van der Waals surface area contributed by atoms with E-state index >= 15 is 4.39 Å². The zero-order valence-electron chi connectivity index (χ0n) is 23.4. The molecule has 0 unspecified atom stereocenters. The van der Waals surface area contributed by atoms with Crippen LogP contribution in [0.15, 0.2) is 43.0 Å². The van der Waals surface area contributed by atoms with Crippen LogP contribution in [0.1, 0.15) is 18.9 Å². The highest BCUT2D eigenvalue weighted by molar-refractivity contribution is 6.29. The topological polar surface area (TPSA) is 123 Å². The number of nitrogen functional groups attached to an aromatic ring is 1. The first kappa shape index (κ1) is 28.7. The molecule has 0 aliphatic carbocycles. The molecule has 1 atom stereocenters. The molecule has 1 saturated heterocycles. The first-order chi connectivity index (χ1) is 19.8. The lowest BCUT2D eigenvalue weighted by molar-refractivity contribution is 0.148. The minimum atomic E-state index is -0.396. The average molecular weight is 581 g/mol. The van der Waals surface area contributed by atoms with Gasteiger partial charge in [-0.25, -0.2) is 24.0 Å². The number of rotatable bonds is 10. The summed E-state index contributed by atoms with van der Waals surface area (Å²) < 4.78 is 23.0. The fraction of sp³-hybridized carbons (Fsp3) is 0.393. The smallest absolute Gasteiger partial charge is 0.222 e. The van der Waals surface area contributed by atoms with Crippen LogP contribution >= 0.6 is 11.6 Å². The molecule has 1 fully saturated rings. The standard InChI is InChI=1S/C28H34ClFN10O/c1-18(5-11-41-28-21(16-35-39(28)3)27-32-6-4-25(31)37-27)36-23-13-24(29)33-15-20(23)26-22(30)12-19(14-34-26)17-40-9-7-38(2)8-10-40/h4,6,12-16,18H,5,7-11,17H2,1-3H3,(H,33,36)(H2,31,32,37)/t18-/m0/s1. The van der Waals surface area contributed by atoms with Gasteiger partial charge in [-0.1, -0.05) is 11.6 Å². The maximum Gasteiger partial charge on any atom is 0.222 e. The van der Waals surface area contributed by atoms with Crippen molar-refractivity contribution in [2.75, 3.05) is 50.9 Å². The Morgan fingerprint density at radius 1 is 1.07 bits per heavy atom. The fourth-order valence-corrected chi connectivity index (χ4v) is 4.85. The van der Waals surface area contributed by atoms with Crippen LogP contribution in [0.3, 0.4) is 0 Å². The average Bonchev–Trinajstić information content (AvgIpc) is 3.31. The van der Waals surface area contributed by atoms with Crippen LogP contribution in [-0.2, 0) is 13.6 Å². The zero-order chi connectivity index (χ0) is 28.9. The molecule has 11 nitrogen and oxygen atoms in total.